The lowest BCUT2D eigenvalue weighted by Gasteiger charge is -2.32. The molecule has 4 aromatic rings. The number of carbonyl (C=O) groups excluding carboxylic acids is 2. The highest BCUT2D eigenvalue weighted by atomic mass is 16.7. The van der Waals surface area contributed by atoms with Gasteiger partial charge in [0.2, 0.25) is 12.7 Å². The number of aromatic nitrogens is 4. The molecule has 2 aromatic heterocycles. The van der Waals surface area contributed by atoms with Crippen LogP contribution in [-0.4, -0.2) is 56.3 Å². The number of ether oxygens (including phenoxy) is 2. The smallest absolute Gasteiger partial charge is 0.255 e. The quantitative estimate of drug-likeness (QED) is 0.365. The molecule has 2 aliphatic rings. The number of nitrogens with one attached hydrogen (secondary N) is 1. The van der Waals surface area contributed by atoms with E-state index in [0.717, 1.165) is 12.8 Å². The topological polar surface area (TPSA) is 161 Å². The van der Waals surface area contributed by atoms with Crippen LogP contribution >= 0.6 is 0 Å². The fourth-order valence-electron chi connectivity index (χ4n) is 5.09. The van der Waals surface area contributed by atoms with Crippen LogP contribution in [0.3, 0.4) is 0 Å². The van der Waals surface area contributed by atoms with E-state index in [2.05, 4.69) is 21.9 Å². The van der Waals surface area contributed by atoms with E-state index in [0.29, 0.717) is 63.7 Å². The van der Waals surface area contributed by atoms with Gasteiger partial charge in [0.15, 0.2) is 17.1 Å². The van der Waals surface area contributed by atoms with Gasteiger partial charge in [-0.2, -0.15) is 10.4 Å². The molecule has 0 saturated carbocycles. The van der Waals surface area contributed by atoms with Crippen LogP contribution in [0.25, 0.3) is 22.3 Å². The minimum absolute atomic E-state index is 0.0437. The Kier molecular flexibility index (Phi) is 6.24. The molecule has 0 aliphatic carbocycles. The van der Waals surface area contributed by atoms with Crippen LogP contribution < -0.4 is 20.5 Å². The normalized spacial score (nSPS) is 16.0. The second-order valence-electron chi connectivity index (χ2n) is 9.40. The molecule has 4 heterocycles. The van der Waals surface area contributed by atoms with Crippen LogP contribution in [0.15, 0.2) is 55.4 Å². The van der Waals surface area contributed by atoms with E-state index in [-0.39, 0.29) is 30.5 Å². The van der Waals surface area contributed by atoms with Crippen molar-refractivity contribution in [1.82, 2.24) is 24.6 Å². The van der Waals surface area contributed by atoms with Gasteiger partial charge in [0.05, 0.1) is 28.7 Å². The second-order valence-corrected chi connectivity index (χ2v) is 9.40. The number of hydrogen-bond acceptors (Lipinski definition) is 9. The summed E-state index contributed by atoms with van der Waals surface area (Å²) in [5.74, 6) is 0.528. The number of nitriles is 1. The zero-order valence-corrected chi connectivity index (χ0v) is 21.3. The summed E-state index contributed by atoms with van der Waals surface area (Å²) < 4.78 is 13.4. The summed E-state index contributed by atoms with van der Waals surface area (Å²) in [4.78, 5) is 35.6. The lowest BCUT2D eigenvalue weighted by molar-refractivity contribution is -0.127. The summed E-state index contributed by atoms with van der Waals surface area (Å²) >= 11 is 0. The van der Waals surface area contributed by atoms with E-state index in [1.807, 2.05) is 6.07 Å². The van der Waals surface area contributed by atoms with Gasteiger partial charge in [-0.25, -0.2) is 14.6 Å². The van der Waals surface area contributed by atoms with Crippen LogP contribution in [0.5, 0.6) is 11.5 Å². The van der Waals surface area contributed by atoms with Gasteiger partial charge in [-0.3, -0.25) is 9.59 Å². The predicted octanol–water partition coefficient (Wildman–Crippen LogP) is 3.28. The van der Waals surface area contributed by atoms with Gasteiger partial charge < -0.3 is 25.4 Å². The molecule has 0 spiro atoms. The van der Waals surface area contributed by atoms with Crippen LogP contribution in [0, 0.1) is 11.3 Å². The fourth-order valence-corrected chi connectivity index (χ4v) is 5.09. The molecular weight excluding hydrogens is 512 g/mol. The summed E-state index contributed by atoms with van der Waals surface area (Å²) in [6, 6.07) is 11.7. The van der Waals surface area contributed by atoms with Crippen LogP contribution in [0.4, 0.5) is 11.5 Å². The van der Waals surface area contributed by atoms with Gasteiger partial charge in [-0.15, -0.1) is 0 Å². The number of carbonyl (C=O) groups is 2. The predicted molar refractivity (Wildman–Crippen MR) is 145 cm³/mol. The van der Waals surface area contributed by atoms with E-state index in [1.165, 1.54) is 12.4 Å². The minimum Gasteiger partial charge on any atom is -0.453 e. The molecule has 1 atom stereocenters. The zero-order valence-electron chi connectivity index (χ0n) is 21.3. The summed E-state index contributed by atoms with van der Waals surface area (Å²) in [7, 11) is 0. The Labute approximate surface area is 228 Å². The number of amides is 2. The Bertz CT molecular complexity index is 1710. The standard InChI is InChI=1S/C28H24N8O4/c1-2-21(37)35-11-3-4-18(13-35)36-27-22(26(30)31-14-32-27)23(34-36)19-9-10-20(25-24(19)39-15-40-25)33-28(38)17-7-5-16(12-29)6-8-17/h2,5-10,14,18H,1,3-4,11,13,15H2,(H,33,38)(H2,30,31,32)/t18-/m1/s1. The molecular formula is C28H24N8O4. The molecule has 0 radical (unpaired) electrons. The molecule has 2 aromatic carbocycles. The third kappa shape index (κ3) is 4.23. The number of likely N-dealkylation sites (tertiary alicyclic amines) is 1. The molecule has 2 aliphatic heterocycles. The number of nitrogen functional groups attached to an aromatic ring is 1. The number of hydrogen-bond donors (Lipinski definition) is 2. The lowest BCUT2D eigenvalue weighted by Crippen LogP contribution is -2.40. The van der Waals surface area contributed by atoms with Gasteiger partial charge in [0.25, 0.3) is 5.91 Å². The van der Waals surface area contributed by atoms with Crippen LogP contribution in [-0.2, 0) is 4.79 Å². The van der Waals surface area contributed by atoms with Crippen LogP contribution in [0.2, 0.25) is 0 Å². The van der Waals surface area contributed by atoms with Crippen LogP contribution in [0.1, 0.15) is 34.8 Å². The number of nitrogens with two attached hydrogens (primary N) is 1. The molecule has 2 amide bonds. The first-order chi connectivity index (χ1) is 19.5. The van der Waals surface area contributed by atoms with E-state index < -0.39 is 0 Å². The highest BCUT2D eigenvalue weighted by Crippen LogP contribution is 2.48. The Morgan fingerprint density at radius 1 is 1.15 bits per heavy atom. The first-order valence-electron chi connectivity index (χ1n) is 12.6. The van der Waals surface area contributed by atoms with Crippen molar-refractivity contribution in [1.29, 1.82) is 5.26 Å². The Hall–Kier alpha value is -5.44. The molecule has 1 saturated heterocycles. The molecule has 0 bridgehead atoms. The summed E-state index contributed by atoms with van der Waals surface area (Å²) in [5, 5.41) is 17.3. The largest absolute Gasteiger partial charge is 0.453 e. The summed E-state index contributed by atoms with van der Waals surface area (Å²) in [6.45, 7) is 4.68. The monoisotopic (exact) mass is 536 g/mol. The summed E-state index contributed by atoms with van der Waals surface area (Å²) in [5.41, 5.74) is 9.26. The molecule has 3 N–H and O–H groups in total. The average Bonchev–Trinajstić information content (AvgIpc) is 3.64. The van der Waals surface area contributed by atoms with Gasteiger partial charge >= 0.3 is 0 Å². The average molecular weight is 537 g/mol. The maximum absolute atomic E-state index is 12.9. The SMILES string of the molecule is C=CC(=O)N1CCC[C@@H](n2nc(-c3ccc(NC(=O)c4ccc(C#N)cc4)c4c3OCO4)c3c(N)ncnc32)C1. The van der Waals surface area contributed by atoms with E-state index in [4.69, 9.17) is 25.6 Å². The van der Waals surface area contributed by atoms with Crippen molar-refractivity contribution in [2.24, 2.45) is 0 Å². The zero-order chi connectivity index (χ0) is 27.8. The van der Waals surface area contributed by atoms with Crippen molar-refractivity contribution < 1.29 is 19.1 Å². The lowest BCUT2D eigenvalue weighted by atomic mass is 10.1. The van der Waals surface area contributed by atoms with Crippen molar-refractivity contribution in [2.75, 3.05) is 30.9 Å². The molecule has 200 valence electrons. The maximum atomic E-state index is 12.9. The van der Waals surface area contributed by atoms with Gasteiger partial charge in [-0.05, 0) is 55.3 Å². The van der Waals surface area contributed by atoms with E-state index in [9.17, 15) is 9.59 Å². The highest BCUT2D eigenvalue weighted by molar-refractivity contribution is 6.06. The number of fused-ring (bicyclic) bond motifs is 2. The van der Waals surface area contributed by atoms with Crippen molar-refractivity contribution in [3.8, 4) is 28.8 Å². The first-order valence-corrected chi connectivity index (χ1v) is 12.6. The molecule has 12 heteroatoms. The van der Waals surface area contributed by atoms with E-state index >= 15 is 0 Å². The van der Waals surface area contributed by atoms with Gasteiger partial charge in [0, 0.05) is 24.2 Å². The number of piperidine rings is 1. The Morgan fingerprint density at radius 2 is 1.95 bits per heavy atom. The number of anilines is 2. The molecule has 1 fully saturated rings. The van der Waals surface area contributed by atoms with Gasteiger partial charge in [-0.1, -0.05) is 6.58 Å². The summed E-state index contributed by atoms with van der Waals surface area (Å²) in [6.07, 6.45) is 4.32. The van der Waals surface area contributed by atoms with Crippen molar-refractivity contribution >= 4 is 34.4 Å². The van der Waals surface area contributed by atoms with Crippen molar-refractivity contribution in [3.63, 3.8) is 0 Å². The number of nitrogens with zero attached hydrogens (tertiary/aromatic N) is 6. The van der Waals surface area contributed by atoms with Gasteiger partial charge in [0.1, 0.15) is 17.8 Å². The molecule has 12 nitrogen and oxygen atoms in total. The van der Waals surface area contributed by atoms with E-state index in [1.54, 1.807) is 46.0 Å². The first kappa shape index (κ1) is 24.9. The molecule has 40 heavy (non-hydrogen) atoms. The number of rotatable bonds is 5. The Balaban J connectivity index is 1.39. The van der Waals surface area contributed by atoms with Crippen molar-refractivity contribution in [2.45, 2.75) is 18.9 Å². The Morgan fingerprint density at radius 3 is 2.73 bits per heavy atom. The molecule has 0 unspecified atom stereocenters. The fraction of sp³-hybridized carbons (Fsp3) is 0.214. The maximum Gasteiger partial charge on any atom is 0.255 e. The highest BCUT2D eigenvalue weighted by Gasteiger charge is 2.31. The molecule has 6 rings (SSSR count). The second kappa shape index (κ2) is 10.0. The van der Waals surface area contributed by atoms with Crippen molar-refractivity contribution in [3.05, 3.63) is 66.5 Å². The number of benzene rings is 2. The third-order valence-corrected chi connectivity index (χ3v) is 7.04. The third-order valence-electron chi connectivity index (χ3n) is 7.04. The minimum atomic E-state index is -0.363.